The molecular weight excluding hydrogens is 405 g/mol. The van der Waals surface area contributed by atoms with Gasteiger partial charge in [0.2, 0.25) is 11.7 Å². The van der Waals surface area contributed by atoms with Gasteiger partial charge in [-0.05, 0) is 44.5 Å². The second kappa shape index (κ2) is 9.16. The van der Waals surface area contributed by atoms with Gasteiger partial charge in [-0.3, -0.25) is 4.79 Å². The molecule has 1 aromatic heterocycles. The predicted octanol–water partition coefficient (Wildman–Crippen LogP) is 3.95. The van der Waals surface area contributed by atoms with Crippen molar-refractivity contribution >= 4 is 17.8 Å². The standard InChI is InChI=1S/C23H24FNO6/c1-13(2)30-23(28)21-14(3)25(12-15-9-10-19(31-15)22(27)29-4)20(26)11-17(21)16-7-5-6-8-18(16)24/h5-10,13,17H,11-12H2,1-4H3. The average molecular weight is 429 g/mol. The third kappa shape index (κ3) is 4.68. The Labute approximate surface area is 179 Å². The minimum absolute atomic E-state index is 0.00408. The Morgan fingerprint density at radius 1 is 1.19 bits per heavy atom. The van der Waals surface area contributed by atoms with Crippen molar-refractivity contribution in [3.05, 3.63) is 70.6 Å². The molecule has 164 valence electrons. The summed E-state index contributed by atoms with van der Waals surface area (Å²) >= 11 is 0. The molecule has 1 aliphatic rings. The van der Waals surface area contributed by atoms with Crippen LogP contribution in [0.15, 0.2) is 52.1 Å². The van der Waals surface area contributed by atoms with Crippen molar-refractivity contribution in [3.63, 3.8) is 0 Å². The highest BCUT2D eigenvalue weighted by molar-refractivity contribution is 5.96. The first-order valence-electron chi connectivity index (χ1n) is 9.86. The third-order valence-electron chi connectivity index (χ3n) is 5.03. The monoisotopic (exact) mass is 429 g/mol. The summed E-state index contributed by atoms with van der Waals surface area (Å²) in [6, 6.07) is 9.08. The summed E-state index contributed by atoms with van der Waals surface area (Å²) in [5.41, 5.74) is 0.834. The molecule has 31 heavy (non-hydrogen) atoms. The zero-order valence-electron chi connectivity index (χ0n) is 17.8. The summed E-state index contributed by atoms with van der Waals surface area (Å²) in [4.78, 5) is 38.9. The number of halogens is 1. The van der Waals surface area contributed by atoms with Gasteiger partial charge in [0, 0.05) is 18.0 Å². The number of furan rings is 1. The second-order valence-corrected chi connectivity index (χ2v) is 7.47. The molecule has 0 aliphatic carbocycles. The molecule has 8 heteroatoms. The highest BCUT2D eigenvalue weighted by atomic mass is 19.1. The van der Waals surface area contributed by atoms with Gasteiger partial charge in [0.25, 0.3) is 0 Å². The number of methoxy groups -OCH3 is 1. The lowest BCUT2D eigenvalue weighted by Gasteiger charge is -2.34. The van der Waals surface area contributed by atoms with Crippen LogP contribution in [0.5, 0.6) is 0 Å². The molecule has 0 saturated heterocycles. The van der Waals surface area contributed by atoms with Crippen LogP contribution in [0.2, 0.25) is 0 Å². The largest absolute Gasteiger partial charge is 0.463 e. The lowest BCUT2D eigenvalue weighted by Crippen LogP contribution is -2.38. The molecule has 0 radical (unpaired) electrons. The maximum Gasteiger partial charge on any atom is 0.373 e. The van der Waals surface area contributed by atoms with E-state index in [0.29, 0.717) is 11.5 Å². The summed E-state index contributed by atoms with van der Waals surface area (Å²) in [6.07, 6.45) is -0.487. The van der Waals surface area contributed by atoms with Crippen molar-refractivity contribution in [3.8, 4) is 0 Å². The van der Waals surface area contributed by atoms with E-state index in [0.717, 1.165) is 0 Å². The van der Waals surface area contributed by atoms with E-state index in [-0.39, 0.29) is 41.9 Å². The van der Waals surface area contributed by atoms with Gasteiger partial charge >= 0.3 is 11.9 Å². The Hall–Kier alpha value is -3.42. The van der Waals surface area contributed by atoms with E-state index in [9.17, 15) is 18.8 Å². The zero-order valence-corrected chi connectivity index (χ0v) is 17.8. The van der Waals surface area contributed by atoms with Gasteiger partial charge in [0.15, 0.2) is 0 Å². The van der Waals surface area contributed by atoms with Crippen LogP contribution >= 0.6 is 0 Å². The molecular formula is C23H24FNO6. The Morgan fingerprint density at radius 2 is 1.90 bits per heavy atom. The maximum atomic E-state index is 14.5. The summed E-state index contributed by atoms with van der Waals surface area (Å²) in [7, 11) is 1.24. The van der Waals surface area contributed by atoms with Crippen LogP contribution in [0, 0.1) is 5.82 Å². The number of amides is 1. The maximum absolute atomic E-state index is 14.5. The summed E-state index contributed by atoms with van der Waals surface area (Å²) < 4.78 is 30.0. The number of hydrogen-bond donors (Lipinski definition) is 0. The van der Waals surface area contributed by atoms with Gasteiger partial charge in [-0.25, -0.2) is 14.0 Å². The van der Waals surface area contributed by atoms with Gasteiger partial charge in [-0.1, -0.05) is 18.2 Å². The number of nitrogens with zero attached hydrogens (tertiary/aromatic N) is 1. The minimum atomic E-state index is -0.765. The van der Waals surface area contributed by atoms with Crippen molar-refractivity contribution in [2.24, 2.45) is 0 Å². The number of esters is 2. The molecule has 1 aliphatic heterocycles. The van der Waals surface area contributed by atoms with E-state index in [2.05, 4.69) is 4.74 Å². The van der Waals surface area contributed by atoms with Crippen molar-refractivity contribution in [1.29, 1.82) is 0 Å². The second-order valence-electron chi connectivity index (χ2n) is 7.47. The van der Waals surface area contributed by atoms with E-state index in [1.165, 1.54) is 24.1 Å². The topological polar surface area (TPSA) is 86.0 Å². The SMILES string of the molecule is COC(=O)c1ccc(CN2C(=O)CC(c3ccccc3F)C(C(=O)OC(C)C)=C2C)o1. The van der Waals surface area contributed by atoms with E-state index in [1.54, 1.807) is 45.0 Å². The predicted molar refractivity (Wildman–Crippen MR) is 108 cm³/mol. The van der Waals surface area contributed by atoms with Gasteiger partial charge in [0.05, 0.1) is 25.3 Å². The van der Waals surface area contributed by atoms with Crippen LogP contribution in [0.1, 0.15) is 55.0 Å². The molecule has 0 saturated carbocycles. The number of rotatable bonds is 6. The quantitative estimate of drug-likeness (QED) is 0.647. The first-order valence-corrected chi connectivity index (χ1v) is 9.86. The Bertz CT molecular complexity index is 1040. The lowest BCUT2D eigenvalue weighted by molar-refractivity contribution is -0.144. The van der Waals surface area contributed by atoms with Crippen LogP contribution < -0.4 is 0 Å². The molecule has 0 N–H and O–H groups in total. The smallest absolute Gasteiger partial charge is 0.373 e. The molecule has 1 amide bonds. The minimum Gasteiger partial charge on any atom is -0.463 e. The third-order valence-corrected chi connectivity index (χ3v) is 5.03. The number of benzene rings is 1. The Balaban J connectivity index is 2.01. The number of carbonyl (C=O) groups is 3. The first-order chi connectivity index (χ1) is 14.7. The van der Waals surface area contributed by atoms with Crippen LogP contribution in [0.3, 0.4) is 0 Å². The normalized spacial score (nSPS) is 16.6. The Kier molecular flexibility index (Phi) is 6.58. The molecule has 7 nitrogen and oxygen atoms in total. The van der Waals surface area contributed by atoms with E-state index in [1.807, 2.05) is 0 Å². The zero-order chi connectivity index (χ0) is 22.7. The molecule has 1 aromatic carbocycles. The number of carbonyl (C=O) groups excluding carboxylic acids is 3. The number of hydrogen-bond acceptors (Lipinski definition) is 6. The molecule has 0 bridgehead atoms. The van der Waals surface area contributed by atoms with Gasteiger partial charge in [-0.15, -0.1) is 0 Å². The van der Waals surface area contributed by atoms with Gasteiger partial charge in [-0.2, -0.15) is 0 Å². The molecule has 1 atom stereocenters. The molecule has 2 aromatic rings. The Morgan fingerprint density at radius 3 is 2.55 bits per heavy atom. The number of ether oxygens (including phenoxy) is 2. The van der Waals surface area contributed by atoms with Crippen molar-refractivity contribution in [2.45, 2.75) is 45.8 Å². The highest BCUT2D eigenvalue weighted by Crippen LogP contribution is 2.38. The van der Waals surface area contributed by atoms with Gasteiger partial charge in [0.1, 0.15) is 11.6 Å². The van der Waals surface area contributed by atoms with Gasteiger partial charge < -0.3 is 18.8 Å². The van der Waals surface area contributed by atoms with Crippen molar-refractivity contribution < 1.29 is 32.7 Å². The van der Waals surface area contributed by atoms with Crippen LogP contribution in [-0.4, -0.2) is 36.0 Å². The van der Waals surface area contributed by atoms with Crippen molar-refractivity contribution in [2.75, 3.05) is 7.11 Å². The van der Waals surface area contributed by atoms with E-state index >= 15 is 0 Å². The van der Waals surface area contributed by atoms with Crippen LogP contribution in [0.4, 0.5) is 4.39 Å². The molecule has 1 unspecified atom stereocenters. The van der Waals surface area contributed by atoms with Crippen molar-refractivity contribution in [1.82, 2.24) is 4.90 Å². The first kappa shape index (κ1) is 22.3. The fourth-order valence-electron chi connectivity index (χ4n) is 3.60. The molecule has 0 spiro atoms. The van der Waals surface area contributed by atoms with Crippen LogP contribution in [0.25, 0.3) is 0 Å². The lowest BCUT2D eigenvalue weighted by atomic mass is 9.83. The average Bonchev–Trinajstić information content (AvgIpc) is 3.18. The fraction of sp³-hybridized carbons (Fsp3) is 0.348. The van der Waals surface area contributed by atoms with E-state index < -0.39 is 23.7 Å². The highest BCUT2D eigenvalue weighted by Gasteiger charge is 2.38. The fourth-order valence-corrected chi connectivity index (χ4v) is 3.60. The summed E-state index contributed by atoms with van der Waals surface area (Å²) in [5, 5.41) is 0. The molecule has 0 fully saturated rings. The molecule has 3 rings (SSSR count). The van der Waals surface area contributed by atoms with Crippen LogP contribution in [-0.2, 0) is 25.6 Å². The summed E-state index contributed by atoms with van der Waals surface area (Å²) in [5.74, 6) is -2.45. The number of allylic oxidation sites excluding steroid dienone is 1. The van der Waals surface area contributed by atoms with E-state index in [4.69, 9.17) is 9.15 Å². The summed E-state index contributed by atoms with van der Waals surface area (Å²) in [6.45, 7) is 5.06. The molecule has 2 heterocycles.